The number of fused-ring (bicyclic) bond motifs is 1. The lowest BCUT2D eigenvalue weighted by atomic mass is 9.92. The van der Waals surface area contributed by atoms with Crippen molar-refractivity contribution in [3.8, 4) is 6.07 Å². The van der Waals surface area contributed by atoms with E-state index in [9.17, 15) is 4.79 Å². The summed E-state index contributed by atoms with van der Waals surface area (Å²) in [5.74, 6) is 0.140. The lowest BCUT2D eigenvalue weighted by molar-refractivity contribution is -0.128. The molecule has 0 aromatic heterocycles. The molecule has 0 N–H and O–H groups in total. The Morgan fingerprint density at radius 1 is 1.30 bits per heavy atom. The van der Waals surface area contributed by atoms with Gasteiger partial charge in [-0.1, -0.05) is 36.4 Å². The number of methoxy groups -OCH3 is 1. The van der Waals surface area contributed by atoms with Gasteiger partial charge in [0.05, 0.1) is 25.1 Å². The van der Waals surface area contributed by atoms with Gasteiger partial charge in [0.25, 0.3) is 0 Å². The van der Waals surface area contributed by atoms with Crippen LogP contribution in [0.3, 0.4) is 0 Å². The van der Waals surface area contributed by atoms with Crippen molar-refractivity contribution >= 4 is 16.7 Å². The number of hydrogen-bond acceptors (Lipinski definition) is 3. The van der Waals surface area contributed by atoms with Gasteiger partial charge in [-0.3, -0.25) is 4.79 Å². The fourth-order valence-corrected chi connectivity index (χ4v) is 3.50. The van der Waals surface area contributed by atoms with Crippen molar-refractivity contribution in [2.24, 2.45) is 0 Å². The summed E-state index contributed by atoms with van der Waals surface area (Å²) in [6, 6.07) is 14.6. The summed E-state index contributed by atoms with van der Waals surface area (Å²) >= 11 is 0. The number of nitrogens with zero attached hydrogens (tertiary/aromatic N) is 2. The molecule has 0 saturated carbocycles. The average molecular weight is 308 g/mol. The lowest BCUT2D eigenvalue weighted by Gasteiger charge is -2.27. The number of carbonyl (C=O) groups is 1. The second-order valence-corrected chi connectivity index (χ2v) is 5.84. The first-order chi connectivity index (χ1) is 11.3. The first kappa shape index (κ1) is 15.5. The highest BCUT2D eigenvalue weighted by Gasteiger charge is 2.33. The first-order valence-electron chi connectivity index (χ1n) is 7.92. The Morgan fingerprint density at radius 2 is 2.13 bits per heavy atom. The molecule has 4 heteroatoms. The van der Waals surface area contributed by atoms with Crippen LogP contribution < -0.4 is 0 Å². The standard InChI is InChI=1S/C19H20N2O2/c1-23-13-15-8-7-14-5-2-3-6-16(14)19(15)17-9-10-18(22)21(17)12-4-11-20/h2-3,5-8,17H,4,9-10,12-13H2,1H3/t17-/m0/s1. The van der Waals surface area contributed by atoms with Gasteiger partial charge in [0.2, 0.25) is 5.91 Å². The fourth-order valence-electron chi connectivity index (χ4n) is 3.50. The number of hydrogen-bond donors (Lipinski definition) is 0. The zero-order chi connectivity index (χ0) is 16.2. The predicted molar refractivity (Wildman–Crippen MR) is 88.6 cm³/mol. The van der Waals surface area contributed by atoms with Gasteiger partial charge in [-0.15, -0.1) is 0 Å². The quantitative estimate of drug-likeness (QED) is 0.848. The van der Waals surface area contributed by atoms with Crippen LogP contribution in [0.15, 0.2) is 36.4 Å². The maximum atomic E-state index is 12.3. The molecule has 4 nitrogen and oxygen atoms in total. The molecular formula is C19H20N2O2. The van der Waals surface area contributed by atoms with Crippen LogP contribution in [0.4, 0.5) is 0 Å². The maximum Gasteiger partial charge on any atom is 0.223 e. The van der Waals surface area contributed by atoms with Gasteiger partial charge in [-0.2, -0.15) is 5.26 Å². The van der Waals surface area contributed by atoms with E-state index in [1.165, 1.54) is 16.3 Å². The van der Waals surface area contributed by atoms with Gasteiger partial charge >= 0.3 is 0 Å². The van der Waals surface area contributed by atoms with Gasteiger partial charge in [0, 0.05) is 20.1 Å². The topological polar surface area (TPSA) is 53.3 Å². The number of rotatable bonds is 5. The third-order valence-electron chi connectivity index (χ3n) is 4.49. The van der Waals surface area contributed by atoms with E-state index in [1.54, 1.807) is 7.11 Å². The minimum Gasteiger partial charge on any atom is -0.380 e. The molecule has 0 aliphatic carbocycles. The number of likely N-dealkylation sites (tertiary alicyclic amines) is 1. The van der Waals surface area contributed by atoms with Gasteiger partial charge in [-0.05, 0) is 28.3 Å². The Hall–Kier alpha value is -2.38. The molecule has 0 unspecified atom stereocenters. The van der Waals surface area contributed by atoms with Crippen molar-refractivity contribution in [1.29, 1.82) is 5.26 Å². The monoisotopic (exact) mass is 308 g/mol. The summed E-state index contributed by atoms with van der Waals surface area (Å²) in [7, 11) is 1.69. The molecule has 1 aliphatic heterocycles. The second-order valence-electron chi connectivity index (χ2n) is 5.84. The molecule has 0 bridgehead atoms. The van der Waals surface area contributed by atoms with Crippen LogP contribution in [-0.4, -0.2) is 24.5 Å². The number of benzene rings is 2. The predicted octanol–water partition coefficient (Wildman–Crippen LogP) is 3.56. The highest BCUT2D eigenvalue weighted by Crippen LogP contribution is 2.39. The van der Waals surface area contributed by atoms with E-state index in [4.69, 9.17) is 10.00 Å². The molecule has 3 rings (SSSR count). The van der Waals surface area contributed by atoms with E-state index >= 15 is 0 Å². The van der Waals surface area contributed by atoms with Crippen LogP contribution in [-0.2, 0) is 16.1 Å². The first-order valence-corrected chi connectivity index (χ1v) is 7.92. The van der Waals surface area contributed by atoms with Crippen molar-refractivity contribution in [1.82, 2.24) is 4.90 Å². The van der Waals surface area contributed by atoms with E-state index in [0.29, 0.717) is 26.0 Å². The summed E-state index contributed by atoms with van der Waals surface area (Å²) in [5, 5.41) is 11.2. The fraction of sp³-hybridized carbons (Fsp3) is 0.368. The van der Waals surface area contributed by atoms with E-state index < -0.39 is 0 Å². The molecule has 2 aromatic rings. The smallest absolute Gasteiger partial charge is 0.223 e. The van der Waals surface area contributed by atoms with Crippen molar-refractivity contribution in [3.05, 3.63) is 47.5 Å². The minimum atomic E-state index is 0.0344. The third kappa shape index (κ3) is 2.93. The van der Waals surface area contributed by atoms with Crippen LogP contribution in [0.25, 0.3) is 10.8 Å². The average Bonchev–Trinajstić information content (AvgIpc) is 2.93. The van der Waals surface area contributed by atoms with Gasteiger partial charge < -0.3 is 9.64 Å². The van der Waals surface area contributed by atoms with Crippen LogP contribution in [0, 0.1) is 11.3 Å². The zero-order valence-electron chi connectivity index (χ0n) is 13.3. The van der Waals surface area contributed by atoms with Gasteiger partial charge in [0.15, 0.2) is 0 Å². The number of amides is 1. The van der Waals surface area contributed by atoms with Gasteiger partial charge in [-0.25, -0.2) is 0 Å². The normalized spacial score (nSPS) is 17.7. The summed E-state index contributed by atoms with van der Waals surface area (Å²) in [4.78, 5) is 14.1. The molecule has 2 aromatic carbocycles. The van der Waals surface area contributed by atoms with E-state index in [0.717, 1.165) is 12.0 Å². The molecule has 1 heterocycles. The van der Waals surface area contributed by atoms with Crippen molar-refractivity contribution in [3.63, 3.8) is 0 Å². The van der Waals surface area contributed by atoms with E-state index in [2.05, 4.69) is 30.3 Å². The van der Waals surface area contributed by atoms with Crippen molar-refractivity contribution < 1.29 is 9.53 Å². The highest BCUT2D eigenvalue weighted by atomic mass is 16.5. The molecule has 0 radical (unpaired) electrons. The summed E-state index contributed by atoms with van der Waals surface area (Å²) in [6.07, 6.45) is 1.72. The number of ether oxygens (including phenoxy) is 1. The number of carbonyl (C=O) groups excluding carboxylic acids is 1. The van der Waals surface area contributed by atoms with Crippen molar-refractivity contribution in [2.75, 3.05) is 13.7 Å². The maximum absolute atomic E-state index is 12.3. The number of nitriles is 1. The van der Waals surface area contributed by atoms with Crippen LogP contribution in [0.5, 0.6) is 0 Å². The molecular weight excluding hydrogens is 288 g/mol. The van der Waals surface area contributed by atoms with Gasteiger partial charge in [0.1, 0.15) is 0 Å². The van der Waals surface area contributed by atoms with Crippen LogP contribution in [0.2, 0.25) is 0 Å². The molecule has 1 fully saturated rings. The molecule has 1 saturated heterocycles. The largest absolute Gasteiger partial charge is 0.380 e. The van der Waals surface area contributed by atoms with Crippen LogP contribution >= 0.6 is 0 Å². The summed E-state index contributed by atoms with van der Waals surface area (Å²) < 4.78 is 5.36. The highest BCUT2D eigenvalue weighted by molar-refractivity contribution is 5.89. The summed E-state index contributed by atoms with van der Waals surface area (Å²) in [5.41, 5.74) is 2.29. The molecule has 118 valence electrons. The Balaban J connectivity index is 2.11. The third-order valence-corrected chi connectivity index (χ3v) is 4.49. The van der Waals surface area contributed by atoms with E-state index in [1.807, 2.05) is 17.0 Å². The van der Waals surface area contributed by atoms with E-state index in [-0.39, 0.29) is 11.9 Å². The molecule has 1 amide bonds. The molecule has 23 heavy (non-hydrogen) atoms. The molecule has 1 atom stereocenters. The Bertz CT molecular complexity index is 764. The summed E-state index contributed by atoms with van der Waals surface area (Å²) in [6.45, 7) is 1.02. The Morgan fingerprint density at radius 3 is 2.91 bits per heavy atom. The Kier molecular flexibility index (Phi) is 4.59. The SMILES string of the molecule is COCc1ccc2ccccc2c1[C@@H]1CCC(=O)N1CCC#N. The lowest BCUT2D eigenvalue weighted by Crippen LogP contribution is -2.29. The minimum absolute atomic E-state index is 0.0344. The van der Waals surface area contributed by atoms with Crippen LogP contribution in [0.1, 0.15) is 36.4 Å². The molecule has 1 aliphatic rings. The van der Waals surface area contributed by atoms with Crippen molar-refractivity contribution in [2.45, 2.75) is 31.9 Å². The molecule has 0 spiro atoms. The zero-order valence-corrected chi connectivity index (χ0v) is 13.3. The second kappa shape index (κ2) is 6.80. The Labute approximate surface area is 136 Å².